The van der Waals surface area contributed by atoms with E-state index in [1.165, 1.54) is 11.1 Å². The third-order valence-electron chi connectivity index (χ3n) is 3.28. The first kappa shape index (κ1) is 15.0. The second-order valence-corrected chi connectivity index (χ2v) is 4.73. The van der Waals surface area contributed by atoms with E-state index in [0.29, 0.717) is 11.5 Å². The van der Waals surface area contributed by atoms with Gasteiger partial charge in [-0.1, -0.05) is 31.2 Å². The predicted molar refractivity (Wildman–Crippen MR) is 83.4 cm³/mol. The van der Waals surface area contributed by atoms with Crippen LogP contribution in [0.2, 0.25) is 0 Å². The lowest BCUT2D eigenvalue weighted by Crippen LogP contribution is -2.20. The number of carbonyl (C=O) groups is 1. The first-order valence-corrected chi connectivity index (χ1v) is 7.10. The van der Waals surface area contributed by atoms with Crippen LogP contribution in [0.3, 0.4) is 0 Å². The maximum absolute atomic E-state index is 11.3. The molecule has 0 saturated heterocycles. The Labute approximate surface area is 124 Å². The van der Waals surface area contributed by atoms with Crippen LogP contribution in [0.25, 0.3) is 0 Å². The van der Waals surface area contributed by atoms with Gasteiger partial charge in [0.2, 0.25) is 0 Å². The van der Waals surface area contributed by atoms with Gasteiger partial charge >= 0.3 is 0 Å². The standard InChI is InChI=1S/C16H20N4O/c1-3-12-4-6-13(7-5-12)10-11-18-15-9-8-14(19-20-15)16(21)17-2/h4-9H,3,10-11H2,1-2H3,(H,17,21)(H,18,20). The molecule has 110 valence electrons. The summed E-state index contributed by atoms with van der Waals surface area (Å²) in [7, 11) is 1.57. The highest BCUT2D eigenvalue weighted by Gasteiger charge is 2.05. The highest BCUT2D eigenvalue weighted by Crippen LogP contribution is 2.07. The Balaban J connectivity index is 1.83. The van der Waals surface area contributed by atoms with Crippen molar-refractivity contribution in [3.05, 3.63) is 53.2 Å². The molecule has 2 N–H and O–H groups in total. The maximum atomic E-state index is 11.3. The summed E-state index contributed by atoms with van der Waals surface area (Å²) in [4.78, 5) is 11.3. The van der Waals surface area contributed by atoms with Gasteiger partial charge in [0.15, 0.2) is 5.69 Å². The fourth-order valence-electron chi connectivity index (χ4n) is 1.95. The fourth-order valence-corrected chi connectivity index (χ4v) is 1.95. The average Bonchev–Trinajstić information content (AvgIpc) is 2.55. The zero-order valence-corrected chi connectivity index (χ0v) is 12.4. The zero-order chi connectivity index (χ0) is 15.1. The molecule has 21 heavy (non-hydrogen) atoms. The minimum absolute atomic E-state index is 0.231. The lowest BCUT2D eigenvalue weighted by atomic mass is 10.1. The number of nitrogens with one attached hydrogen (secondary N) is 2. The molecule has 1 aromatic heterocycles. The van der Waals surface area contributed by atoms with Crippen molar-refractivity contribution >= 4 is 11.7 Å². The molecule has 0 aliphatic heterocycles. The highest BCUT2D eigenvalue weighted by molar-refractivity contribution is 5.91. The van der Waals surface area contributed by atoms with Crippen LogP contribution in [-0.4, -0.2) is 29.7 Å². The average molecular weight is 284 g/mol. The first-order chi connectivity index (χ1) is 10.2. The number of aryl methyl sites for hydroxylation is 1. The van der Waals surface area contributed by atoms with Crippen molar-refractivity contribution in [3.8, 4) is 0 Å². The molecule has 0 bridgehead atoms. The molecule has 2 rings (SSSR count). The van der Waals surface area contributed by atoms with Gasteiger partial charge in [-0.3, -0.25) is 4.79 Å². The van der Waals surface area contributed by atoms with Gasteiger partial charge in [-0.2, -0.15) is 0 Å². The summed E-state index contributed by atoms with van der Waals surface area (Å²) in [5.41, 5.74) is 2.95. The predicted octanol–water partition coefficient (Wildman–Crippen LogP) is 2.05. The smallest absolute Gasteiger partial charge is 0.271 e. The molecule has 0 aliphatic carbocycles. The van der Waals surface area contributed by atoms with Crippen LogP contribution in [0.4, 0.5) is 5.82 Å². The number of hydrogen-bond donors (Lipinski definition) is 2. The molecule has 1 aromatic carbocycles. The Bertz CT molecular complexity index is 578. The lowest BCUT2D eigenvalue weighted by Gasteiger charge is -2.06. The second-order valence-electron chi connectivity index (χ2n) is 4.73. The van der Waals surface area contributed by atoms with E-state index in [1.54, 1.807) is 19.2 Å². The van der Waals surface area contributed by atoms with Crippen LogP contribution in [0, 0.1) is 0 Å². The van der Waals surface area contributed by atoms with Gasteiger partial charge in [0, 0.05) is 13.6 Å². The third-order valence-corrected chi connectivity index (χ3v) is 3.28. The van der Waals surface area contributed by atoms with Crippen molar-refractivity contribution < 1.29 is 4.79 Å². The molecule has 0 unspecified atom stereocenters. The number of rotatable bonds is 6. The van der Waals surface area contributed by atoms with E-state index >= 15 is 0 Å². The second kappa shape index (κ2) is 7.38. The molecular formula is C16H20N4O. The molecule has 1 amide bonds. The van der Waals surface area contributed by atoms with E-state index in [9.17, 15) is 4.79 Å². The Hall–Kier alpha value is -2.43. The summed E-state index contributed by atoms with van der Waals surface area (Å²) in [6, 6.07) is 12.0. The summed E-state index contributed by atoms with van der Waals surface area (Å²) in [6.07, 6.45) is 1.98. The highest BCUT2D eigenvalue weighted by atomic mass is 16.1. The lowest BCUT2D eigenvalue weighted by molar-refractivity contribution is 0.0957. The van der Waals surface area contributed by atoms with Crippen LogP contribution < -0.4 is 10.6 Å². The number of anilines is 1. The molecule has 0 fully saturated rings. The van der Waals surface area contributed by atoms with Crippen molar-refractivity contribution in [2.24, 2.45) is 0 Å². The minimum atomic E-state index is -0.231. The maximum Gasteiger partial charge on any atom is 0.271 e. The van der Waals surface area contributed by atoms with Crippen molar-refractivity contribution in [2.45, 2.75) is 19.8 Å². The number of aromatic nitrogens is 2. The van der Waals surface area contributed by atoms with Crippen LogP contribution >= 0.6 is 0 Å². The molecule has 0 aliphatic rings. The summed E-state index contributed by atoms with van der Waals surface area (Å²) in [5, 5.41) is 13.6. The van der Waals surface area contributed by atoms with Crippen LogP contribution in [0.5, 0.6) is 0 Å². The Morgan fingerprint density at radius 1 is 1.05 bits per heavy atom. The Kier molecular flexibility index (Phi) is 5.26. The van der Waals surface area contributed by atoms with E-state index in [-0.39, 0.29) is 5.91 Å². The van der Waals surface area contributed by atoms with Crippen LogP contribution in [-0.2, 0) is 12.8 Å². The van der Waals surface area contributed by atoms with E-state index in [2.05, 4.69) is 52.0 Å². The largest absolute Gasteiger partial charge is 0.368 e. The van der Waals surface area contributed by atoms with Gasteiger partial charge < -0.3 is 10.6 Å². The van der Waals surface area contributed by atoms with Gasteiger partial charge in [-0.25, -0.2) is 0 Å². The molecular weight excluding hydrogens is 264 g/mol. The molecule has 0 atom stereocenters. The Morgan fingerprint density at radius 3 is 2.33 bits per heavy atom. The molecule has 1 heterocycles. The van der Waals surface area contributed by atoms with E-state index in [4.69, 9.17) is 0 Å². The number of hydrogen-bond acceptors (Lipinski definition) is 4. The molecule has 0 spiro atoms. The number of benzene rings is 1. The van der Waals surface area contributed by atoms with E-state index in [1.807, 2.05) is 0 Å². The van der Waals surface area contributed by atoms with Gasteiger partial charge in [0.1, 0.15) is 5.82 Å². The van der Waals surface area contributed by atoms with Crippen molar-refractivity contribution in [1.82, 2.24) is 15.5 Å². The van der Waals surface area contributed by atoms with Crippen LogP contribution in [0.1, 0.15) is 28.5 Å². The van der Waals surface area contributed by atoms with E-state index < -0.39 is 0 Å². The van der Waals surface area contributed by atoms with Crippen molar-refractivity contribution in [3.63, 3.8) is 0 Å². The molecule has 0 saturated carbocycles. The molecule has 2 aromatic rings. The first-order valence-electron chi connectivity index (χ1n) is 7.10. The summed E-state index contributed by atoms with van der Waals surface area (Å²) >= 11 is 0. The number of nitrogens with zero attached hydrogens (tertiary/aromatic N) is 2. The topological polar surface area (TPSA) is 66.9 Å². The van der Waals surface area contributed by atoms with Crippen molar-refractivity contribution in [1.29, 1.82) is 0 Å². The summed E-state index contributed by atoms with van der Waals surface area (Å²) < 4.78 is 0. The fraction of sp³-hybridized carbons (Fsp3) is 0.312. The summed E-state index contributed by atoms with van der Waals surface area (Å²) in [6.45, 7) is 2.93. The van der Waals surface area contributed by atoms with Crippen LogP contribution in [0.15, 0.2) is 36.4 Å². The molecule has 5 heteroatoms. The molecule has 5 nitrogen and oxygen atoms in total. The molecule has 0 radical (unpaired) electrons. The zero-order valence-electron chi connectivity index (χ0n) is 12.4. The quantitative estimate of drug-likeness (QED) is 0.852. The number of carbonyl (C=O) groups excluding carboxylic acids is 1. The third kappa shape index (κ3) is 4.27. The van der Waals surface area contributed by atoms with Crippen molar-refractivity contribution in [2.75, 3.05) is 18.9 Å². The van der Waals surface area contributed by atoms with Gasteiger partial charge in [0.25, 0.3) is 5.91 Å². The normalized spacial score (nSPS) is 10.2. The van der Waals surface area contributed by atoms with E-state index in [0.717, 1.165) is 19.4 Å². The summed E-state index contributed by atoms with van der Waals surface area (Å²) in [5.74, 6) is 0.442. The minimum Gasteiger partial charge on any atom is -0.368 e. The number of amides is 1. The van der Waals surface area contributed by atoms with Gasteiger partial charge in [-0.05, 0) is 36.1 Å². The van der Waals surface area contributed by atoms with Gasteiger partial charge in [0.05, 0.1) is 0 Å². The van der Waals surface area contributed by atoms with Gasteiger partial charge in [-0.15, -0.1) is 10.2 Å². The monoisotopic (exact) mass is 284 g/mol. The Morgan fingerprint density at radius 2 is 1.76 bits per heavy atom. The SMILES string of the molecule is CCc1ccc(CCNc2ccc(C(=O)NC)nn2)cc1.